The van der Waals surface area contributed by atoms with E-state index in [9.17, 15) is 4.79 Å². The predicted molar refractivity (Wildman–Crippen MR) is 127 cm³/mol. The molecule has 6 nitrogen and oxygen atoms in total. The van der Waals surface area contributed by atoms with Crippen molar-refractivity contribution in [3.63, 3.8) is 0 Å². The standard InChI is InChI=1S/C25H23N2O4S/c1-3-30-20-10-7-11-21(17-20)31-15-14-27-22-13-12-19(16-23(22)32-25(27)28)24(26-29-2)18-8-5-4-6-9-18/h4-13,16H,3,14-15H2,1-2H3. The van der Waals surface area contributed by atoms with Crippen molar-refractivity contribution >= 4 is 27.3 Å². The van der Waals surface area contributed by atoms with E-state index in [1.165, 1.54) is 18.4 Å². The lowest BCUT2D eigenvalue weighted by molar-refractivity contribution is 0.214. The summed E-state index contributed by atoms with van der Waals surface area (Å²) >= 11 is 1.21. The molecule has 0 fully saturated rings. The highest BCUT2D eigenvalue weighted by Crippen LogP contribution is 2.22. The molecule has 1 aromatic heterocycles. The molecule has 0 unspecified atom stereocenters. The van der Waals surface area contributed by atoms with E-state index in [2.05, 4.69) is 11.2 Å². The molecule has 1 radical (unpaired) electrons. The van der Waals surface area contributed by atoms with Crippen molar-refractivity contribution in [3.05, 3.63) is 93.6 Å². The van der Waals surface area contributed by atoms with Gasteiger partial charge in [0.05, 0.1) is 29.4 Å². The number of hydrogen-bond acceptors (Lipinski definition) is 6. The molecule has 0 atom stereocenters. The second kappa shape index (κ2) is 10.2. The number of benzene rings is 3. The van der Waals surface area contributed by atoms with Crippen molar-refractivity contribution in [1.29, 1.82) is 0 Å². The average molecular weight is 448 g/mol. The van der Waals surface area contributed by atoms with Crippen LogP contribution in [0, 0.1) is 6.07 Å². The van der Waals surface area contributed by atoms with E-state index >= 15 is 0 Å². The summed E-state index contributed by atoms with van der Waals surface area (Å²) in [6.07, 6.45) is 0. The van der Waals surface area contributed by atoms with Crippen LogP contribution in [0.1, 0.15) is 18.1 Å². The number of rotatable bonds is 9. The quantitative estimate of drug-likeness (QED) is 0.275. The third-order valence-electron chi connectivity index (χ3n) is 4.79. The number of fused-ring (bicyclic) bond motifs is 1. The first-order chi connectivity index (χ1) is 15.7. The Hall–Kier alpha value is -3.58. The normalized spacial score (nSPS) is 11.5. The monoisotopic (exact) mass is 447 g/mol. The van der Waals surface area contributed by atoms with Crippen LogP contribution in [-0.2, 0) is 11.4 Å². The number of aromatic nitrogens is 1. The molecule has 0 spiro atoms. The van der Waals surface area contributed by atoms with Crippen molar-refractivity contribution in [2.24, 2.45) is 5.16 Å². The van der Waals surface area contributed by atoms with Crippen LogP contribution in [0.25, 0.3) is 10.2 Å². The summed E-state index contributed by atoms with van der Waals surface area (Å²) in [4.78, 5) is 17.7. The Balaban J connectivity index is 1.54. The zero-order valence-corrected chi connectivity index (χ0v) is 18.7. The Labute approximate surface area is 190 Å². The molecule has 32 heavy (non-hydrogen) atoms. The van der Waals surface area contributed by atoms with Crippen LogP contribution in [0.5, 0.6) is 11.5 Å². The summed E-state index contributed by atoms with van der Waals surface area (Å²) in [5.74, 6) is 1.23. The minimum Gasteiger partial charge on any atom is -0.493 e. The van der Waals surface area contributed by atoms with Crippen molar-refractivity contribution in [2.45, 2.75) is 13.5 Å². The Morgan fingerprint density at radius 1 is 1.00 bits per heavy atom. The highest BCUT2D eigenvalue weighted by molar-refractivity contribution is 7.16. The van der Waals surface area contributed by atoms with Crippen LogP contribution in [0.4, 0.5) is 0 Å². The van der Waals surface area contributed by atoms with Crippen LogP contribution in [0.2, 0.25) is 0 Å². The second-order valence-electron chi connectivity index (χ2n) is 6.85. The Bertz CT molecular complexity index is 1280. The average Bonchev–Trinajstić information content (AvgIpc) is 3.13. The van der Waals surface area contributed by atoms with Gasteiger partial charge in [0.2, 0.25) is 0 Å². The molecule has 0 bridgehead atoms. The third-order valence-corrected chi connectivity index (χ3v) is 5.73. The first-order valence-corrected chi connectivity index (χ1v) is 11.1. The molecule has 1 heterocycles. The number of thiazole rings is 1. The summed E-state index contributed by atoms with van der Waals surface area (Å²) in [6, 6.07) is 24.3. The largest absolute Gasteiger partial charge is 0.493 e. The molecule has 0 saturated heterocycles. The Kier molecular flexibility index (Phi) is 6.87. The number of nitrogens with zero attached hydrogens (tertiary/aromatic N) is 2. The molecule has 3 aromatic carbocycles. The van der Waals surface area contributed by atoms with Crippen molar-refractivity contribution in [2.75, 3.05) is 20.3 Å². The summed E-state index contributed by atoms with van der Waals surface area (Å²) in [5, 5.41) is 4.21. The number of hydrogen-bond donors (Lipinski definition) is 0. The molecule has 4 rings (SSSR count). The smallest absolute Gasteiger partial charge is 0.308 e. The van der Waals surface area contributed by atoms with E-state index in [1.807, 2.05) is 73.7 Å². The fourth-order valence-corrected chi connectivity index (χ4v) is 4.34. The fourth-order valence-electron chi connectivity index (χ4n) is 3.38. The maximum Gasteiger partial charge on any atom is 0.308 e. The van der Waals surface area contributed by atoms with Gasteiger partial charge in [-0.2, -0.15) is 0 Å². The van der Waals surface area contributed by atoms with E-state index in [0.29, 0.717) is 31.3 Å². The van der Waals surface area contributed by atoms with Crippen LogP contribution < -0.4 is 14.3 Å². The van der Waals surface area contributed by atoms with Gasteiger partial charge in [-0.25, -0.2) is 0 Å². The molecule has 0 amide bonds. The second-order valence-corrected chi connectivity index (χ2v) is 7.84. The lowest BCUT2D eigenvalue weighted by atomic mass is 10.0. The maximum absolute atomic E-state index is 12.6. The lowest BCUT2D eigenvalue weighted by Crippen LogP contribution is -2.17. The first kappa shape index (κ1) is 21.6. The van der Waals surface area contributed by atoms with Gasteiger partial charge in [0, 0.05) is 11.1 Å². The van der Waals surface area contributed by atoms with Crippen LogP contribution >= 0.6 is 11.3 Å². The SMILES string of the molecule is CCOc1[c]c(OCCn2c(=O)sc3cc(C(=NOC)c4ccccc4)ccc32)ccc1. The van der Waals surface area contributed by atoms with Gasteiger partial charge in [-0.3, -0.25) is 9.36 Å². The molecule has 163 valence electrons. The predicted octanol–water partition coefficient (Wildman–Crippen LogP) is 4.74. The summed E-state index contributed by atoms with van der Waals surface area (Å²) in [7, 11) is 1.53. The third kappa shape index (κ3) is 4.84. The molecular weight excluding hydrogens is 424 g/mol. The van der Waals surface area contributed by atoms with Gasteiger partial charge in [-0.1, -0.05) is 59.0 Å². The summed E-state index contributed by atoms with van der Waals surface area (Å²) < 4.78 is 13.9. The zero-order chi connectivity index (χ0) is 22.3. The van der Waals surface area contributed by atoms with E-state index in [4.69, 9.17) is 14.3 Å². The zero-order valence-electron chi connectivity index (χ0n) is 17.9. The Morgan fingerprint density at radius 2 is 1.78 bits per heavy atom. The van der Waals surface area contributed by atoms with E-state index < -0.39 is 0 Å². The minimum atomic E-state index is -0.0299. The number of oxime groups is 1. The molecule has 7 heteroatoms. The molecule has 4 aromatic rings. The van der Waals surface area contributed by atoms with Gasteiger partial charge >= 0.3 is 4.87 Å². The van der Waals surface area contributed by atoms with E-state index in [-0.39, 0.29) is 4.87 Å². The van der Waals surface area contributed by atoms with Crippen molar-refractivity contribution < 1.29 is 14.3 Å². The van der Waals surface area contributed by atoms with Crippen LogP contribution in [0.3, 0.4) is 0 Å². The van der Waals surface area contributed by atoms with Gasteiger partial charge in [-0.05, 0) is 31.2 Å². The van der Waals surface area contributed by atoms with Crippen molar-refractivity contribution in [3.8, 4) is 11.5 Å². The highest BCUT2D eigenvalue weighted by atomic mass is 32.1. The molecule has 0 N–H and O–H groups in total. The molecule has 0 aliphatic heterocycles. The van der Waals surface area contributed by atoms with Gasteiger partial charge in [0.25, 0.3) is 0 Å². The van der Waals surface area contributed by atoms with Crippen LogP contribution in [-0.4, -0.2) is 30.6 Å². The van der Waals surface area contributed by atoms with Gasteiger partial charge in [0.1, 0.15) is 30.9 Å². The first-order valence-electron chi connectivity index (χ1n) is 10.3. The number of ether oxygens (including phenoxy) is 2. The molecule has 0 saturated carbocycles. The van der Waals surface area contributed by atoms with Gasteiger partial charge in [-0.15, -0.1) is 0 Å². The van der Waals surface area contributed by atoms with Crippen molar-refractivity contribution in [1.82, 2.24) is 4.57 Å². The molecular formula is C25H23N2O4S. The fraction of sp³-hybridized carbons (Fsp3) is 0.200. The van der Waals surface area contributed by atoms with Gasteiger partial charge in [0.15, 0.2) is 0 Å². The molecule has 0 aliphatic rings. The maximum atomic E-state index is 12.6. The summed E-state index contributed by atoms with van der Waals surface area (Å²) in [5.41, 5.74) is 3.41. The van der Waals surface area contributed by atoms with E-state index in [1.54, 1.807) is 4.57 Å². The topological polar surface area (TPSA) is 62.0 Å². The van der Waals surface area contributed by atoms with Crippen LogP contribution in [0.15, 0.2) is 76.7 Å². The molecule has 0 aliphatic carbocycles. The van der Waals surface area contributed by atoms with Gasteiger partial charge < -0.3 is 14.3 Å². The summed E-state index contributed by atoms with van der Waals surface area (Å²) in [6.45, 7) is 3.27. The minimum absolute atomic E-state index is 0.0299. The Morgan fingerprint density at radius 3 is 2.53 bits per heavy atom. The van der Waals surface area contributed by atoms with E-state index in [0.717, 1.165) is 27.1 Å². The lowest BCUT2D eigenvalue weighted by Gasteiger charge is -2.09. The highest BCUT2D eigenvalue weighted by Gasteiger charge is 2.13.